The molecule has 3 heteroatoms. The van der Waals surface area contributed by atoms with Crippen LogP contribution >= 0.6 is 0 Å². The van der Waals surface area contributed by atoms with Gasteiger partial charge in [0, 0.05) is 18.7 Å². The lowest BCUT2D eigenvalue weighted by atomic mass is 9.78. The van der Waals surface area contributed by atoms with E-state index in [1.807, 2.05) is 0 Å². The molecule has 0 amide bonds. The van der Waals surface area contributed by atoms with Gasteiger partial charge >= 0.3 is 0 Å². The van der Waals surface area contributed by atoms with Crippen molar-refractivity contribution in [2.24, 2.45) is 5.73 Å². The molecule has 0 spiro atoms. The highest BCUT2D eigenvalue weighted by atomic mass is 16.5. The lowest BCUT2D eigenvalue weighted by Crippen LogP contribution is -2.57. The van der Waals surface area contributed by atoms with Gasteiger partial charge in [0.05, 0.1) is 5.60 Å². The summed E-state index contributed by atoms with van der Waals surface area (Å²) in [6, 6.07) is 0.245. The van der Waals surface area contributed by atoms with Gasteiger partial charge in [-0.3, -0.25) is 0 Å². The summed E-state index contributed by atoms with van der Waals surface area (Å²) in [6.07, 6.45) is 9.93. The van der Waals surface area contributed by atoms with Gasteiger partial charge in [-0.25, -0.2) is 0 Å². The molecule has 0 bridgehead atoms. The smallest absolute Gasteiger partial charge is 0.0623 e. The van der Waals surface area contributed by atoms with Crippen molar-refractivity contribution in [3.8, 4) is 0 Å². The van der Waals surface area contributed by atoms with Crippen molar-refractivity contribution in [3.63, 3.8) is 0 Å². The summed E-state index contributed by atoms with van der Waals surface area (Å²) in [7, 11) is 6.19. The van der Waals surface area contributed by atoms with Crippen LogP contribution in [0, 0.1) is 0 Å². The molecule has 2 N–H and O–H groups in total. The Kier molecular flexibility index (Phi) is 6.28. The number of hydrogen-bond acceptors (Lipinski definition) is 3. The third-order valence-corrected chi connectivity index (χ3v) is 5.16. The van der Waals surface area contributed by atoms with Crippen LogP contribution in [0.3, 0.4) is 0 Å². The molecule has 1 rings (SSSR count). The molecule has 19 heavy (non-hydrogen) atoms. The maximum Gasteiger partial charge on any atom is 0.0623 e. The average Bonchev–Trinajstić information content (AvgIpc) is 2.62. The Morgan fingerprint density at radius 1 is 1.16 bits per heavy atom. The molecule has 0 aromatic carbocycles. The minimum atomic E-state index is -0.0597. The lowest BCUT2D eigenvalue weighted by molar-refractivity contribution is 0.00471. The van der Waals surface area contributed by atoms with Crippen molar-refractivity contribution < 1.29 is 4.74 Å². The van der Waals surface area contributed by atoms with E-state index in [4.69, 9.17) is 10.5 Å². The van der Waals surface area contributed by atoms with Crippen LogP contribution in [0.15, 0.2) is 0 Å². The Bertz CT molecular complexity index is 255. The van der Waals surface area contributed by atoms with E-state index < -0.39 is 0 Å². The first-order valence-corrected chi connectivity index (χ1v) is 7.82. The predicted molar refractivity (Wildman–Crippen MR) is 82.4 cm³/mol. The van der Waals surface area contributed by atoms with Gasteiger partial charge in [-0.1, -0.05) is 25.7 Å². The molecular formula is C16H34N2O. The summed E-state index contributed by atoms with van der Waals surface area (Å²) < 4.78 is 5.52. The Balaban J connectivity index is 2.69. The number of rotatable bonds is 6. The zero-order chi connectivity index (χ0) is 14.5. The molecule has 0 aromatic rings. The Morgan fingerprint density at radius 2 is 1.68 bits per heavy atom. The third kappa shape index (κ3) is 4.44. The first-order valence-electron chi connectivity index (χ1n) is 7.82. The molecule has 1 aliphatic carbocycles. The molecular weight excluding hydrogens is 236 g/mol. The second-order valence-corrected chi connectivity index (χ2v) is 7.02. The molecule has 0 aliphatic heterocycles. The quantitative estimate of drug-likeness (QED) is 0.753. The molecule has 1 fully saturated rings. The Morgan fingerprint density at radius 3 is 2.11 bits per heavy atom. The maximum absolute atomic E-state index is 6.62. The number of nitrogens with two attached hydrogens (primary N) is 1. The Hall–Kier alpha value is -0.120. The van der Waals surface area contributed by atoms with Crippen LogP contribution in [-0.2, 0) is 4.74 Å². The van der Waals surface area contributed by atoms with E-state index in [2.05, 4.69) is 32.8 Å². The summed E-state index contributed by atoms with van der Waals surface area (Å²) in [4.78, 5) is 2.39. The van der Waals surface area contributed by atoms with Crippen molar-refractivity contribution >= 4 is 0 Å². The topological polar surface area (TPSA) is 38.5 Å². The van der Waals surface area contributed by atoms with Crippen molar-refractivity contribution in [2.45, 2.75) is 82.4 Å². The van der Waals surface area contributed by atoms with E-state index in [1.54, 1.807) is 7.11 Å². The van der Waals surface area contributed by atoms with Gasteiger partial charge in [-0.15, -0.1) is 0 Å². The summed E-state index contributed by atoms with van der Waals surface area (Å²) >= 11 is 0. The highest BCUT2D eigenvalue weighted by Gasteiger charge is 2.39. The van der Waals surface area contributed by atoms with Crippen molar-refractivity contribution in [3.05, 3.63) is 0 Å². The van der Waals surface area contributed by atoms with Crippen molar-refractivity contribution in [2.75, 3.05) is 21.2 Å². The minimum Gasteiger partial charge on any atom is -0.379 e. The predicted octanol–water partition coefficient (Wildman–Crippen LogP) is 3.17. The molecule has 3 nitrogen and oxygen atoms in total. The van der Waals surface area contributed by atoms with Gasteiger partial charge < -0.3 is 15.4 Å². The molecule has 114 valence electrons. The van der Waals surface area contributed by atoms with Gasteiger partial charge in [0.2, 0.25) is 0 Å². The van der Waals surface area contributed by atoms with Crippen molar-refractivity contribution in [1.82, 2.24) is 4.90 Å². The van der Waals surface area contributed by atoms with Gasteiger partial charge in [-0.2, -0.15) is 0 Å². The largest absolute Gasteiger partial charge is 0.379 e. The van der Waals surface area contributed by atoms with E-state index in [-0.39, 0.29) is 17.2 Å². The van der Waals surface area contributed by atoms with Gasteiger partial charge in [0.1, 0.15) is 0 Å². The molecule has 1 saturated carbocycles. The fourth-order valence-electron chi connectivity index (χ4n) is 3.36. The number of likely N-dealkylation sites (N-methyl/N-ethyl adjacent to an activating group) is 1. The first-order chi connectivity index (χ1) is 8.84. The summed E-state index contributed by atoms with van der Waals surface area (Å²) in [5.41, 5.74) is 6.75. The minimum absolute atomic E-state index is 0.0597. The van der Waals surface area contributed by atoms with Crippen molar-refractivity contribution in [1.29, 1.82) is 0 Å². The standard InChI is InChI=1S/C16H34N2O/c1-15(2,19-5)13-10-14(17)16(18(3)4)11-8-6-7-9-12-16/h14H,6-13,17H2,1-5H3. The third-order valence-electron chi connectivity index (χ3n) is 5.16. The SMILES string of the molecule is COC(C)(C)CCC(N)C1(N(C)C)CCCCCC1. The number of ether oxygens (including phenoxy) is 1. The summed E-state index contributed by atoms with van der Waals surface area (Å²) in [5, 5.41) is 0. The second kappa shape index (κ2) is 7.05. The summed E-state index contributed by atoms with van der Waals surface area (Å²) in [5.74, 6) is 0. The van der Waals surface area contributed by atoms with Crippen LogP contribution in [0.4, 0.5) is 0 Å². The highest BCUT2D eigenvalue weighted by molar-refractivity contribution is 4.98. The van der Waals surface area contributed by atoms with Crippen LogP contribution in [-0.4, -0.2) is 43.3 Å². The fourth-order valence-corrected chi connectivity index (χ4v) is 3.36. The molecule has 0 radical (unpaired) electrons. The number of hydrogen-bond donors (Lipinski definition) is 1. The van der Waals surface area contributed by atoms with Crippen LogP contribution < -0.4 is 5.73 Å². The van der Waals surface area contributed by atoms with Gasteiger partial charge in [0.15, 0.2) is 0 Å². The monoisotopic (exact) mass is 270 g/mol. The normalized spacial score (nSPS) is 22.3. The van der Waals surface area contributed by atoms with Gasteiger partial charge in [-0.05, 0) is 53.6 Å². The summed E-state index contributed by atoms with van der Waals surface area (Å²) in [6.45, 7) is 4.30. The molecule has 1 atom stereocenters. The second-order valence-electron chi connectivity index (χ2n) is 7.02. The van der Waals surface area contributed by atoms with Crippen LogP contribution in [0.2, 0.25) is 0 Å². The average molecular weight is 270 g/mol. The van der Waals surface area contributed by atoms with E-state index in [0.717, 1.165) is 12.8 Å². The molecule has 0 saturated heterocycles. The maximum atomic E-state index is 6.62. The van der Waals surface area contributed by atoms with Crippen LogP contribution in [0.5, 0.6) is 0 Å². The van der Waals surface area contributed by atoms with Gasteiger partial charge in [0.25, 0.3) is 0 Å². The van der Waals surface area contributed by atoms with E-state index in [9.17, 15) is 0 Å². The van der Waals surface area contributed by atoms with Crippen LogP contribution in [0.1, 0.15) is 65.2 Å². The molecule has 1 unspecified atom stereocenters. The first kappa shape index (κ1) is 16.9. The number of nitrogens with zero attached hydrogens (tertiary/aromatic N) is 1. The molecule has 0 heterocycles. The Labute approximate surface area is 119 Å². The zero-order valence-corrected chi connectivity index (χ0v) is 13.7. The number of methoxy groups -OCH3 is 1. The fraction of sp³-hybridized carbons (Fsp3) is 1.00. The molecule has 0 aromatic heterocycles. The van der Waals surface area contributed by atoms with E-state index in [1.165, 1.54) is 38.5 Å². The van der Waals surface area contributed by atoms with Crippen LogP contribution in [0.25, 0.3) is 0 Å². The van der Waals surface area contributed by atoms with E-state index in [0.29, 0.717) is 0 Å². The zero-order valence-electron chi connectivity index (χ0n) is 13.7. The highest BCUT2D eigenvalue weighted by Crippen LogP contribution is 2.35. The molecule has 1 aliphatic rings. The lowest BCUT2D eigenvalue weighted by Gasteiger charge is -2.45. The van der Waals surface area contributed by atoms with E-state index >= 15 is 0 Å².